The number of aryl methyl sites for hydroxylation is 1. The Labute approximate surface area is 137 Å². The summed E-state index contributed by atoms with van der Waals surface area (Å²) in [6.45, 7) is 2.95. The van der Waals surface area contributed by atoms with Crippen LogP contribution in [0.25, 0.3) is 6.08 Å². The average molecular weight is 312 g/mol. The van der Waals surface area contributed by atoms with Crippen LogP contribution in [-0.2, 0) is 4.79 Å². The number of nitrogens with zero attached hydrogens (tertiary/aromatic N) is 1. The summed E-state index contributed by atoms with van der Waals surface area (Å²) in [5.74, 6) is 1.41. The molecule has 1 saturated carbocycles. The van der Waals surface area contributed by atoms with Gasteiger partial charge < -0.3 is 15.0 Å². The summed E-state index contributed by atoms with van der Waals surface area (Å²) < 4.78 is 5.52. The third-order valence-electron chi connectivity index (χ3n) is 5.55. The number of rotatable bonds is 2. The lowest BCUT2D eigenvalue weighted by Gasteiger charge is -2.33. The van der Waals surface area contributed by atoms with Crippen LogP contribution in [0.4, 0.5) is 5.69 Å². The Morgan fingerprint density at radius 2 is 2.09 bits per heavy atom. The van der Waals surface area contributed by atoms with Gasteiger partial charge in [-0.1, -0.05) is 18.9 Å². The first-order valence-electron chi connectivity index (χ1n) is 8.64. The normalized spacial score (nSPS) is 23.1. The first kappa shape index (κ1) is 14.6. The molecule has 122 valence electrons. The first-order chi connectivity index (χ1) is 11.2. The van der Waals surface area contributed by atoms with E-state index in [4.69, 9.17) is 4.74 Å². The van der Waals surface area contributed by atoms with E-state index in [9.17, 15) is 4.79 Å². The number of methoxy groups -OCH3 is 1. The zero-order valence-corrected chi connectivity index (χ0v) is 13.9. The number of carbonyl (C=O) groups excluding carboxylic acids is 1. The lowest BCUT2D eigenvalue weighted by atomic mass is 9.97. The van der Waals surface area contributed by atoms with Crippen LogP contribution in [0.3, 0.4) is 0 Å². The molecule has 2 heterocycles. The number of hydrogen-bond acceptors (Lipinski definition) is 3. The summed E-state index contributed by atoms with van der Waals surface area (Å²) in [7, 11) is 1.70. The van der Waals surface area contributed by atoms with Gasteiger partial charge in [0, 0.05) is 18.0 Å². The molecule has 0 radical (unpaired) electrons. The summed E-state index contributed by atoms with van der Waals surface area (Å²) >= 11 is 0. The fourth-order valence-electron chi connectivity index (χ4n) is 4.21. The van der Waals surface area contributed by atoms with Gasteiger partial charge in [0.1, 0.15) is 11.9 Å². The van der Waals surface area contributed by atoms with E-state index in [1.165, 1.54) is 29.5 Å². The van der Waals surface area contributed by atoms with Crippen LogP contribution in [-0.4, -0.2) is 30.6 Å². The highest BCUT2D eigenvalue weighted by atomic mass is 16.5. The first-order valence-corrected chi connectivity index (χ1v) is 8.64. The number of fused-ring (bicyclic) bond motifs is 2. The molecule has 1 unspecified atom stereocenters. The van der Waals surface area contributed by atoms with Crippen LogP contribution in [0.2, 0.25) is 0 Å². The number of carbonyl (C=O) groups is 1. The Bertz CT molecular complexity index is 674. The minimum Gasteiger partial charge on any atom is -0.495 e. The fourth-order valence-corrected chi connectivity index (χ4v) is 4.21. The summed E-state index contributed by atoms with van der Waals surface area (Å²) in [4.78, 5) is 14.9. The molecule has 4 rings (SSSR count). The zero-order chi connectivity index (χ0) is 16.0. The summed E-state index contributed by atoms with van der Waals surface area (Å²) in [6.07, 6.45) is 7.73. The molecule has 2 aliphatic heterocycles. The van der Waals surface area contributed by atoms with Crippen molar-refractivity contribution in [3.05, 3.63) is 28.8 Å². The van der Waals surface area contributed by atoms with Crippen molar-refractivity contribution in [1.82, 2.24) is 4.90 Å². The summed E-state index contributed by atoms with van der Waals surface area (Å²) in [5.41, 5.74) is 4.78. The number of likely N-dealkylation sites (tertiary alicyclic amines) is 1. The van der Waals surface area contributed by atoms with Gasteiger partial charge in [0.05, 0.1) is 12.8 Å². The van der Waals surface area contributed by atoms with Crippen molar-refractivity contribution in [1.29, 1.82) is 0 Å². The topological polar surface area (TPSA) is 41.6 Å². The Balaban J connectivity index is 1.66. The number of nitrogens with one attached hydrogen (secondary N) is 1. The van der Waals surface area contributed by atoms with Crippen LogP contribution in [0.5, 0.6) is 5.75 Å². The van der Waals surface area contributed by atoms with E-state index in [0.717, 1.165) is 37.2 Å². The van der Waals surface area contributed by atoms with E-state index < -0.39 is 0 Å². The molecule has 23 heavy (non-hydrogen) atoms. The maximum absolute atomic E-state index is 12.9. The van der Waals surface area contributed by atoms with Crippen molar-refractivity contribution in [3.63, 3.8) is 0 Å². The lowest BCUT2D eigenvalue weighted by Crippen LogP contribution is -2.44. The highest BCUT2D eigenvalue weighted by Crippen LogP contribution is 2.41. The molecule has 0 aromatic heterocycles. The monoisotopic (exact) mass is 312 g/mol. The van der Waals surface area contributed by atoms with E-state index in [0.29, 0.717) is 5.91 Å². The molecule has 1 saturated heterocycles. The van der Waals surface area contributed by atoms with Gasteiger partial charge in [-0.25, -0.2) is 0 Å². The number of ether oxygens (including phenoxy) is 1. The third-order valence-corrected chi connectivity index (χ3v) is 5.55. The Kier molecular flexibility index (Phi) is 3.55. The van der Waals surface area contributed by atoms with Crippen molar-refractivity contribution in [2.45, 2.75) is 45.2 Å². The van der Waals surface area contributed by atoms with Crippen molar-refractivity contribution >= 4 is 17.7 Å². The predicted molar refractivity (Wildman–Crippen MR) is 91.4 cm³/mol. The molecular formula is C19H24N2O2. The maximum Gasteiger partial charge on any atom is 0.227 e. The van der Waals surface area contributed by atoms with Crippen LogP contribution in [0.15, 0.2) is 17.7 Å². The number of anilines is 1. The third kappa shape index (κ3) is 2.32. The predicted octanol–water partition coefficient (Wildman–Crippen LogP) is 3.56. The van der Waals surface area contributed by atoms with Crippen molar-refractivity contribution in [2.24, 2.45) is 5.92 Å². The molecule has 1 amide bonds. The van der Waals surface area contributed by atoms with Crippen LogP contribution >= 0.6 is 0 Å². The molecule has 0 spiro atoms. The molecule has 3 aliphatic rings. The Morgan fingerprint density at radius 3 is 2.83 bits per heavy atom. The van der Waals surface area contributed by atoms with Gasteiger partial charge in [-0.15, -0.1) is 0 Å². The molecule has 2 fully saturated rings. The van der Waals surface area contributed by atoms with E-state index in [1.54, 1.807) is 7.11 Å². The van der Waals surface area contributed by atoms with Gasteiger partial charge in [-0.3, -0.25) is 4.79 Å². The smallest absolute Gasteiger partial charge is 0.227 e. The highest BCUT2D eigenvalue weighted by molar-refractivity contribution is 5.85. The zero-order valence-electron chi connectivity index (χ0n) is 13.9. The molecule has 1 N–H and O–H groups in total. The summed E-state index contributed by atoms with van der Waals surface area (Å²) in [5, 5.41) is 3.59. The average Bonchev–Trinajstić information content (AvgIpc) is 3.23. The van der Waals surface area contributed by atoms with Gasteiger partial charge in [0.2, 0.25) is 5.91 Å². The number of benzene rings is 1. The second-order valence-corrected chi connectivity index (χ2v) is 6.90. The SMILES string of the molecule is COc1ccc(C)c2c1NC1C(=C2)CCN1C(=O)C1CCCC1. The summed E-state index contributed by atoms with van der Waals surface area (Å²) in [6, 6.07) is 4.09. The largest absolute Gasteiger partial charge is 0.495 e. The van der Waals surface area contributed by atoms with Crippen LogP contribution in [0.1, 0.15) is 43.2 Å². The minimum absolute atomic E-state index is 0.00583. The molecule has 1 aromatic carbocycles. The number of hydrogen-bond donors (Lipinski definition) is 1. The maximum atomic E-state index is 12.9. The Morgan fingerprint density at radius 1 is 1.30 bits per heavy atom. The van der Waals surface area contributed by atoms with Crippen LogP contribution in [0, 0.1) is 12.8 Å². The molecule has 4 nitrogen and oxygen atoms in total. The molecular weight excluding hydrogens is 288 g/mol. The van der Waals surface area contributed by atoms with E-state index >= 15 is 0 Å². The molecule has 4 heteroatoms. The van der Waals surface area contributed by atoms with Crippen molar-refractivity contribution in [2.75, 3.05) is 19.0 Å². The second-order valence-electron chi connectivity index (χ2n) is 6.90. The Hall–Kier alpha value is -1.97. The van der Waals surface area contributed by atoms with Crippen LogP contribution < -0.4 is 10.1 Å². The highest BCUT2D eigenvalue weighted by Gasteiger charge is 2.39. The molecule has 1 atom stereocenters. The van der Waals surface area contributed by atoms with Crippen molar-refractivity contribution < 1.29 is 9.53 Å². The molecule has 1 aliphatic carbocycles. The minimum atomic E-state index is 0.00583. The molecule has 0 bridgehead atoms. The molecule has 1 aromatic rings. The van der Waals surface area contributed by atoms with E-state index in [1.807, 2.05) is 11.0 Å². The second kappa shape index (κ2) is 5.59. The van der Waals surface area contributed by atoms with Crippen molar-refractivity contribution in [3.8, 4) is 5.75 Å². The van der Waals surface area contributed by atoms with Gasteiger partial charge in [-0.05, 0) is 49.5 Å². The standard InChI is InChI=1S/C19H24N2O2/c1-12-7-8-16(23-2)17-15(12)11-14-9-10-21(18(14)20-17)19(22)13-5-3-4-6-13/h7-8,11,13,18,20H,3-6,9-10H2,1-2H3. The quantitative estimate of drug-likeness (QED) is 0.908. The number of amides is 1. The van der Waals surface area contributed by atoms with Gasteiger partial charge in [-0.2, -0.15) is 0 Å². The van der Waals surface area contributed by atoms with E-state index in [2.05, 4.69) is 24.4 Å². The fraction of sp³-hybridized carbons (Fsp3) is 0.526. The van der Waals surface area contributed by atoms with Gasteiger partial charge in [0.15, 0.2) is 0 Å². The van der Waals surface area contributed by atoms with E-state index in [-0.39, 0.29) is 12.1 Å². The lowest BCUT2D eigenvalue weighted by molar-refractivity contribution is -0.135. The van der Waals surface area contributed by atoms with Gasteiger partial charge >= 0.3 is 0 Å². The van der Waals surface area contributed by atoms with Gasteiger partial charge in [0.25, 0.3) is 0 Å².